The van der Waals surface area contributed by atoms with E-state index in [-0.39, 0.29) is 11.3 Å². The van der Waals surface area contributed by atoms with E-state index >= 15 is 0 Å². The Bertz CT molecular complexity index is 915. The molecule has 0 spiro atoms. The van der Waals surface area contributed by atoms with Gasteiger partial charge in [0.15, 0.2) is 0 Å². The van der Waals surface area contributed by atoms with Crippen LogP contribution in [0.4, 0.5) is 0 Å². The van der Waals surface area contributed by atoms with Crippen LogP contribution in [0.5, 0.6) is 0 Å². The third-order valence-electron chi connectivity index (χ3n) is 5.31. The molecule has 1 unspecified atom stereocenters. The van der Waals surface area contributed by atoms with Crippen molar-refractivity contribution in [3.63, 3.8) is 0 Å². The molecule has 4 heteroatoms. The summed E-state index contributed by atoms with van der Waals surface area (Å²) < 4.78 is 0. The zero-order valence-electron chi connectivity index (χ0n) is 16.7. The summed E-state index contributed by atoms with van der Waals surface area (Å²) in [6.45, 7) is 6.43. The molecule has 2 aromatic rings. The summed E-state index contributed by atoms with van der Waals surface area (Å²) in [4.78, 5) is 27.4. The van der Waals surface area contributed by atoms with Crippen molar-refractivity contribution in [1.82, 2.24) is 4.90 Å². The maximum Gasteiger partial charge on any atom is 0.295 e. The molecule has 1 amide bonds. The molecule has 0 aromatic heterocycles. The molecule has 1 heterocycles. The van der Waals surface area contributed by atoms with Gasteiger partial charge in [-0.1, -0.05) is 67.8 Å². The van der Waals surface area contributed by atoms with E-state index in [1.165, 1.54) is 0 Å². The van der Waals surface area contributed by atoms with Gasteiger partial charge in [0, 0.05) is 12.1 Å². The number of aryl methyl sites for hydroxylation is 2. The number of aliphatic hydroxyl groups excluding tert-OH is 1. The molecule has 1 saturated heterocycles. The van der Waals surface area contributed by atoms with Gasteiger partial charge in [-0.15, -0.1) is 0 Å². The van der Waals surface area contributed by atoms with Crippen LogP contribution in [0.2, 0.25) is 0 Å². The number of aliphatic hydroxyl groups is 1. The van der Waals surface area contributed by atoms with Crippen LogP contribution in [-0.2, 0) is 9.59 Å². The molecule has 2 aromatic carbocycles. The van der Waals surface area contributed by atoms with E-state index in [4.69, 9.17) is 0 Å². The highest BCUT2D eigenvalue weighted by molar-refractivity contribution is 6.46. The number of amides is 1. The number of likely N-dealkylation sites (tertiary alicyclic amines) is 1. The number of hydrogen-bond acceptors (Lipinski definition) is 3. The topological polar surface area (TPSA) is 57.6 Å². The molecule has 1 atom stereocenters. The minimum Gasteiger partial charge on any atom is -0.507 e. The summed E-state index contributed by atoms with van der Waals surface area (Å²) >= 11 is 0. The summed E-state index contributed by atoms with van der Waals surface area (Å²) in [5.74, 6) is -1.23. The number of nitrogens with zero attached hydrogens (tertiary/aromatic N) is 1. The first-order chi connectivity index (χ1) is 13.5. The van der Waals surface area contributed by atoms with Gasteiger partial charge in [-0.2, -0.15) is 0 Å². The quantitative estimate of drug-likeness (QED) is 0.337. The Balaban J connectivity index is 2.15. The van der Waals surface area contributed by atoms with E-state index in [0.29, 0.717) is 12.1 Å². The van der Waals surface area contributed by atoms with Crippen LogP contribution in [0.15, 0.2) is 54.1 Å². The average Bonchev–Trinajstić information content (AvgIpc) is 2.95. The fraction of sp³-hybridized carbons (Fsp3) is 0.333. The number of carbonyl (C=O) groups excluding carboxylic acids is 2. The zero-order valence-corrected chi connectivity index (χ0v) is 16.7. The molecule has 4 nitrogen and oxygen atoms in total. The Morgan fingerprint density at radius 2 is 1.75 bits per heavy atom. The summed E-state index contributed by atoms with van der Waals surface area (Å²) in [7, 11) is 0. The van der Waals surface area contributed by atoms with Crippen LogP contribution in [-0.4, -0.2) is 28.2 Å². The Morgan fingerprint density at radius 3 is 2.43 bits per heavy atom. The van der Waals surface area contributed by atoms with Crippen molar-refractivity contribution >= 4 is 17.4 Å². The zero-order chi connectivity index (χ0) is 20.3. The van der Waals surface area contributed by atoms with Crippen molar-refractivity contribution in [2.75, 3.05) is 6.54 Å². The first kappa shape index (κ1) is 19.9. The minimum atomic E-state index is -0.608. The van der Waals surface area contributed by atoms with Crippen molar-refractivity contribution < 1.29 is 14.7 Å². The fourth-order valence-electron chi connectivity index (χ4n) is 3.76. The maximum atomic E-state index is 12.9. The van der Waals surface area contributed by atoms with E-state index in [2.05, 4.69) is 6.92 Å². The summed E-state index contributed by atoms with van der Waals surface area (Å²) in [6, 6.07) is 14.7. The lowest BCUT2D eigenvalue weighted by Crippen LogP contribution is -2.30. The second-order valence-corrected chi connectivity index (χ2v) is 7.43. The predicted octanol–water partition coefficient (Wildman–Crippen LogP) is 4.92. The lowest BCUT2D eigenvalue weighted by molar-refractivity contribution is -0.139. The third kappa shape index (κ3) is 3.72. The van der Waals surface area contributed by atoms with E-state index in [0.717, 1.165) is 36.0 Å². The van der Waals surface area contributed by atoms with E-state index in [1.54, 1.807) is 4.90 Å². The van der Waals surface area contributed by atoms with E-state index in [1.807, 2.05) is 62.4 Å². The van der Waals surface area contributed by atoms with E-state index in [9.17, 15) is 14.7 Å². The molecule has 1 N–H and O–H groups in total. The van der Waals surface area contributed by atoms with E-state index < -0.39 is 17.7 Å². The minimum absolute atomic E-state index is 0.0913. The smallest absolute Gasteiger partial charge is 0.295 e. The first-order valence-corrected chi connectivity index (χ1v) is 9.86. The van der Waals surface area contributed by atoms with Gasteiger partial charge < -0.3 is 10.0 Å². The molecule has 3 rings (SSSR count). The van der Waals surface area contributed by atoms with Crippen molar-refractivity contribution in [2.24, 2.45) is 0 Å². The van der Waals surface area contributed by atoms with Crippen LogP contribution < -0.4 is 0 Å². The normalized spacial score (nSPS) is 18.7. The summed E-state index contributed by atoms with van der Waals surface area (Å²) in [6.07, 6.45) is 2.85. The van der Waals surface area contributed by atoms with Gasteiger partial charge >= 0.3 is 0 Å². The highest BCUT2D eigenvalue weighted by Crippen LogP contribution is 2.40. The summed E-state index contributed by atoms with van der Waals surface area (Å²) in [5.41, 5.74) is 3.48. The molecule has 1 aliphatic rings. The molecular weight excluding hydrogens is 350 g/mol. The molecule has 1 fully saturated rings. The van der Waals surface area contributed by atoms with Crippen molar-refractivity contribution in [3.8, 4) is 0 Å². The summed E-state index contributed by atoms with van der Waals surface area (Å²) in [5, 5.41) is 11.1. The standard InChI is InChI=1S/C24H27NO3/c1-4-5-9-14-25-21(18-10-7-6-8-11-18)20(23(27)24(25)28)22(26)19-15-16(2)12-13-17(19)3/h6-8,10-13,15,21,26H,4-5,9,14H2,1-3H3/b22-20+. The fourth-order valence-corrected chi connectivity index (χ4v) is 3.76. The number of rotatable bonds is 6. The SMILES string of the molecule is CCCCCN1C(=O)C(=O)/C(=C(/O)c2cc(C)ccc2C)C1c1ccccc1. The highest BCUT2D eigenvalue weighted by atomic mass is 16.3. The molecule has 28 heavy (non-hydrogen) atoms. The number of carbonyl (C=O) groups is 2. The molecule has 0 saturated carbocycles. The maximum absolute atomic E-state index is 12.9. The van der Waals surface area contributed by atoms with Gasteiger partial charge in [-0.05, 0) is 37.5 Å². The Labute approximate surface area is 166 Å². The van der Waals surface area contributed by atoms with Gasteiger partial charge in [-0.25, -0.2) is 0 Å². The molecule has 0 radical (unpaired) electrons. The van der Waals surface area contributed by atoms with Crippen LogP contribution >= 0.6 is 0 Å². The predicted molar refractivity (Wildman–Crippen MR) is 111 cm³/mol. The average molecular weight is 377 g/mol. The van der Waals surface area contributed by atoms with Crippen LogP contribution in [0, 0.1) is 13.8 Å². The Kier molecular flexibility index (Phi) is 5.98. The molecular formula is C24H27NO3. The monoisotopic (exact) mass is 377 g/mol. The van der Waals surface area contributed by atoms with Crippen LogP contribution in [0.1, 0.15) is 54.5 Å². The van der Waals surface area contributed by atoms with Gasteiger partial charge in [0.1, 0.15) is 5.76 Å². The van der Waals surface area contributed by atoms with Crippen LogP contribution in [0.3, 0.4) is 0 Å². The van der Waals surface area contributed by atoms with Gasteiger partial charge in [0.05, 0.1) is 11.6 Å². The lowest BCUT2D eigenvalue weighted by Gasteiger charge is -2.25. The number of benzene rings is 2. The largest absolute Gasteiger partial charge is 0.507 e. The van der Waals surface area contributed by atoms with Gasteiger partial charge in [0.25, 0.3) is 11.7 Å². The molecule has 146 valence electrons. The number of Topliss-reactive ketones (excluding diaryl/α,β-unsaturated/α-hetero) is 1. The highest BCUT2D eigenvalue weighted by Gasteiger charge is 2.45. The van der Waals surface area contributed by atoms with Crippen molar-refractivity contribution in [2.45, 2.75) is 46.1 Å². The Morgan fingerprint density at radius 1 is 1.04 bits per heavy atom. The molecule has 0 aliphatic carbocycles. The van der Waals surface area contributed by atoms with Crippen molar-refractivity contribution in [1.29, 1.82) is 0 Å². The lowest BCUT2D eigenvalue weighted by atomic mass is 9.93. The molecule has 1 aliphatic heterocycles. The Hall–Kier alpha value is -2.88. The van der Waals surface area contributed by atoms with Gasteiger partial charge in [0.2, 0.25) is 0 Å². The van der Waals surface area contributed by atoms with Crippen LogP contribution in [0.25, 0.3) is 5.76 Å². The second kappa shape index (κ2) is 8.42. The van der Waals surface area contributed by atoms with Gasteiger partial charge in [-0.3, -0.25) is 9.59 Å². The first-order valence-electron chi connectivity index (χ1n) is 9.86. The number of hydrogen-bond donors (Lipinski definition) is 1. The molecule has 0 bridgehead atoms. The number of unbranched alkanes of at least 4 members (excludes halogenated alkanes) is 2. The third-order valence-corrected chi connectivity index (χ3v) is 5.31. The number of ketones is 1. The van der Waals surface area contributed by atoms with Crippen molar-refractivity contribution in [3.05, 3.63) is 76.4 Å². The second-order valence-electron chi connectivity index (χ2n) is 7.43.